The Morgan fingerprint density at radius 2 is 1.88 bits per heavy atom. The van der Waals surface area contributed by atoms with Gasteiger partial charge in [0.2, 0.25) is 5.91 Å². The van der Waals surface area contributed by atoms with Crippen molar-refractivity contribution in [3.05, 3.63) is 65.7 Å². The molecule has 0 radical (unpaired) electrons. The van der Waals surface area contributed by atoms with E-state index in [2.05, 4.69) is 49.7 Å². The average molecular weight is 587 g/mol. The van der Waals surface area contributed by atoms with Gasteiger partial charge >= 0.3 is 0 Å². The van der Waals surface area contributed by atoms with E-state index in [1.54, 1.807) is 0 Å². The number of aryl methyl sites for hydroxylation is 2. The summed E-state index contributed by atoms with van der Waals surface area (Å²) in [5.41, 5.74) is 9.74. The lowest BCUT2D eigenvalue weighted by atomic mass is 9.77. The van der Waals surface area contributed by atoms with Crippen molar-refractivity contribution in [3.63, 3.8) is 0 Å². The van der Waals surface area contributed by atoms with E-state index in [1.807, 2.05) is 12.3 Å². The maximum Gasteiger partial charge on any atom is 0.217 e. The van der Waals surface area contributed by atoms with E-state index in [-0.39, 0.29) is 18.8 Å². The molecule has 0 saturated carbocycles. The van der Waals surface area contributed by atoms with E-state index < -0.39 is 5.91 Å². The van der Waals surface area contributed by atoms with Crippen LogP contribution in [0.3, 0.4) is 0 Å². The number of nitroso groups, excluding NO2 is 1. The highest BCUT2D eigenvalue weighted by Gasteiger charge is 2.37. The maximum atomic E-state index is 11.7. The molecule has 2 heterocycles. The van der Waals surface area contributed by atoms with Gasteiger partial charge in [0.05, 0.1) is 5.69 Å². The molecule has 1 amide bonds. The number of primary amides is 1. The summed E-state index contributed by atoms with van der Waals surface area (Å²) in [4.78, 5) is 35.8. The first-order valence-corrected chi connectivity index (χ1v) is 12.5. The Kier molecular flexibility index (Phi) is 8.96. The number of aromatic nitrogens is 1. The van der Waals surface area contributed by atoms with Gasteiger partial charge in [0.25, 0.3) is 0 Å². The van der Waals surface area contributed by atoms with Crippen LogP contribution < -0.4 is 5.73 Å². The Labute approximate surface area is 209 Å². The van der Waals surface area contributed by atoms with Crippen molar-refractivity contribution in [3.8, 4) is 0 Å². The third kappa shape index (κ3) is 6.23. The molecule has 0 spiro atoms. The molecule has 6 nitrogen and oxygen atoms in total. The van der Waals surface area contributed by atoms with Crippen molar-refractivity contribution in [1.29, 1.82) is 0 Å². The van der Waals surface area contributed by atoms with Gasteiger partial charge in [-0.3, -0.25) is 9.78 Å². The predicted octanol–water partition coefficient (Wildman–Crippen LogP) is 5.13. The Morgan fingerprint density at radius 1 is 1.19 bits per heavy atom. The number of pyridine rings is 1. The van der Waals surface area contributed by atoms with E-state index in [0.29, 0.717) is 25.3 Å². The highest BCUT2D eigenvalue weighted by atomic mass is 79.9. The van der Waals surface area contributed by atoms with Crippen molar-refractivity contribution in [2.75, 3.05) is 13.1 Å². The summed E-state index contributed by atoms with van der Waals surface area (Å²) in [6, 6.07) is 6.28. The standard InChI is InChI=1S/C19H18Br2ClN2O.C4H7NO2/c20-14-7-13-2-1-12-8-15(22)9-16(21)17(12)18(19(13)23-10-14)11-3-5-24(25)6-4-11;5-4(7)2-1-3-6/h7-11,18H,1-6H2;3H,1-2H2,(H2,5,7)/q+1;/t18-;/m1./s1. The Bertz CT molecular complexity index is 1020. The molecule has 1 aromatic heterocycles. The number of nitrogens with two attached hydrogens (primary N) is 1. The summed E-state index contributed by atoms with van der Waals surface area (Å²) in [6.45, 7) is 1.21. The fourth-order valence-corrected chi connectivity index (χ4v) is 5.94. The van der Waals surface area contributed by atoms with Gasteiger partial charge in [-0.25, -0.2) is 0 Å². The van der Waals surface area contributed by atoms with Gasteiger partial charge in [-0.15, -0.1) is 0 Å². The van der Waals surface area contributed by atoms with Crippen LogP contribution in [0.5, 0.6) is 0 Å². The lowest BCUT2D eigenvalue weighted by Crippen LogP contribution is -2.29. The second-order valence-corrected chi connectivity index (χ2v) is 10.3. The highest BCUT2D eigenvalue weighted by molar-refractivity contribution is 9.10. The largest absolute Gasteiger partial charge is 0.370 e. The molecule has 1 atom stereocenters. The van der Waals surface area contributed by atoms with Gasteiger partial charge in [0, 0.05) is 56.7 Å². The van der Waals surface area contributed by atoms with Crippen molar-refractivity contribution in [1.82, 2.24) is 4.98 Å². The summed E-state index contributed by atoms with van der Waals surface area (Å²) in [7, 11) is 0. The van der Waals surface area contributed by atoms with Crippen molar-refractivity contribution >= 4 is 55.7 Å². The summed E-state index contributed by atoms with van der Waals surface area (Å²) in [5, 5.41) is 0.763. The average Bonchev–Trinajstić information content (AvgIpc) is 2.90. The van der Waals surface area contributed by atoms with Crippen molar-refractivity contribution in [2.24, 2.45) is 11.7 Å². The molecule has 32 heavy (non-hydrogen) atoms. The number of hydrogen-bond acceptors (Lipinski definition) is 4. The van der Waals surface area contributed by atoms with Crippen LogP contribution in [0.4, 0.5) is 0 Å². The van der Waals surface area contributed by atoms with Gasteiger partial charge < -0.3 is 10.5 Å². The number of carbonyl (C=O) groups excluding carboxylic acids is 2. The van der Waals surface area contributed by atoms with Gasteiger partial charge in [0.15, 0.2) is 13.1 Å². The minimum Gasteiger partial charge on any atom is -0.370 e. The number of hydrogen-bond donors (Lipinski definition) is 1. The second-order valence-electron chi connectivity index (χ2n) is 8.07. The van der Waals surface area contributed by atoms with Crippen LogP contribution >= 0.6 is 43.5 Å². The lowest BCUT2D eigenvalue weighted by molar-refractivity contribution is -0.561. The molecule has 1 fully saturated rings. The summed E-state index contributed by atoms with van der Waals surface area (Å²) < 4.78 is 3.26. The number of amides is 1. The minimum atomic E-state index is -0.424. The van der Waals surface area contributed by atoms with Crippen molar-refractivity contribution in [2.45, 2.75) is 44.4 Å². The molecule has 2 N–H and O–H groups in total. The number of halogens is 3. The first-order chi connectivity index (χ1) is 15.3. The predicted molar refractivity (Wildman–Crippen MR) is 131 cm³/mol. The zero-order chi connectivity index (χ0) is 23.3. The molecule has 0 bridgehead atoms. The quantitative estimate of drug-likeness (QED) is 0.397. The summed E-state index contributed by atoms with van der Waals surface area (Å²) in [5.74, 6) is 0.208. The van der Waals surface area contributed by atoms with Gasteiger partial charge in [0.1, 0.15) is 6.29 Å². The Morgan fingerprint density at radius 3 is 2.50 bits per heavy atom. The fraction of sp³-hybridized carbons (Fsp3) is 0.435. The monoisotopic (exact) mass is 584 g/mol. The van der Waals surface area contributed by atoms with Gasteiger partial charge in [-0.2, -0.15) is 0 Å². The van der Waals surface area contributed by atoms with Gasteiger partial charge in [-0.1, -0.05) is 27.5 Å². The van der Waals surface area contributed by atoms with E-state index in [0.717, 1.165) is 45.3 Å². The first kappa shape index (κ1) is 25.0. The fourth-order valence-electron chi connectivity index (χ4n) is 4.44. The van der Waals surface area contributed by atoms with Crippen LogP contribution in [0.25, 0.3) is 0 Å². The van der Waals surface area contributed by atoms with E-state index >= 15 is 0 Å². The molecular weight excluding hydrogens is 562 g/mol. The van der Waals surface area contributed by atoms with Crippen LogP contribution in [-0.2, 0) is 22.4 Å². The summed E-state index contributed by atoms with van der Waals surface area (Å²) >= 11 is 13.6. The molecule has 2 aromatic rings. The number of carbonyl (C=O) groups is 2. The third-order valence-corrected chi connectivity index (χ3v) is 7.20. The zero-order valence-corrected chi connectivity index (χ0v) is 21.5. The van der Waals surface area contributed by atoms with Crippen molar-refractivity contribution < 1.29 is 14.3 Å². The highest BCUT2D eigenvalue weighted by Crippen LogP contribution is 2.45. The summed E-state index contributed by atoms with van der Waals surface area (Å²) in [6.07, 6.45) is 6.70. The smallest absolute Gasteiger partial charge is 0.217 e. The Balaban J connectivity index is 0.000000360. The maximum absolute atomic E-state index is 11.7. The molecule has 9 heteroatoms. The SMILES string of the molecule is NC(=O)CCC=O.O=[N+]1CCC([C@H]2c3ncc(Br)cc3CCc3cc(Cl)cc(Br)c32)CC1. The van der Waals surface area contributed by atoms with E-state index in [9.17, 15) is 14.5 Å². The second kappa shape index (κ2) is 11.5. The number of piperidine rings is 1. The minimum absolute atomic E-state index is 0.170. The topological polar surface area (TPSA) is 93.1 Å². The van der Waals surface area contributed by atoms with Crippen LogP contribution in [0, 0.1) is 10.8 Å². The zero-order valence-electron chi connectivity index (χ0n) is 17.5. The number of aldehydes is 1. The van der Waals surface area contributed by atoms with Gasteiger partial charge in [-0.05, 0) is 74.3 Å². The number of rotatable bonds is 4. The van der Waals surface area contributed by atoms with E-state index in [4.69, 9.17) is 16.6 Å². The number of nitrogens with zero attached hydrogens (tertiary/aromatic N) is 2. The first-order valence-electron chi connectivity index (χ1n) is 10.6. The molecule has 4 rings (SSSR count). The molecule has 1 aliphatic carbocycles. The third-order valence-electron chi connectivity index (χ3n) is 5.90. The molecule has 1 aliphatic heterocycles. The number of fused-ring (bicyclic) bond motifs is 2. The number of benzene rings is 1. The Hall–Kier alpha value is -1.64. The molecular formula is C23H25Br2ClN3O3+. The molecule has 0 unspecified atom stereocenters. The normalized spacial score (nSPS) is 18.0. The molecule has 1 aromatic carbocycles. The van der Waals surface area contributed by atoms with E-state index in [1.165, 1.54) is 21.5 Å². The van der Waals surface area contributed by atoms with Crippen LogP contribution in [0.2, 0.25) is 5.02 Å². The van der Waals surface area contributed by atoms with Crippen LogP contribution in [-0.4, -0.2) is 35.0 Å². The van der Waals surface area contributed by atoms with Crippen LogP contribution in [0.15, 0.2) is 33.3 Å². The lowest BCUT2D eigenvalue weighted by Gasteiger charge is -2.29. The molecule has 1 saturated heterocycles. The van der Waals surface area contributed by atoms with Crippen LogP contribution in [0.1, 0.15) is 54.0 Å². The molecule has 170 valence electrons. The molecule has 2 aliphatic rings.